The fourth-order valence-electron chi connectivity index (χ4n) is 2.12. The lowest BCUT2D eigenvalue weighted by Gasteiger charge is -2.41. The van der Waals surface area contributed by atoms with E-state index < -0.39 is 28.8 Å². The topological polar surface area (TPSA) is 75.4 Å². The largest absolute Gasteiger partial charge is 0.394 e. The van der Waals surface area contributed by atoms with E-state index in [9.17, 15) is 18.4 Å². The second kappa shape index (κ2) is 4.73. The second-order valence-corrected chi connectivity index (χ2v) is 5.13. The van der Waals surface area contributed by atoms with Crippen molar-refractivity contribution in [2.45, 2.75) is 19.4 Å². The summed E-state index contributed by atoms with van der Waals surface area (Å²) in [6.07, 6.45) is 0. The molecule has 3 N–H and O–H groups in total. The van der Waals surface area contributed by atoms with Crippen LogP contribution in [0.4, 0.5) is 14.5 Å². The van der Waals surface area contributed by atoms with Gasteiger partial charge in [0.15, 0.2) is 0 Å². The SMILES string of the molecule is CC1(C)C(=O)NCCN1C(=O)c1cc(F)c(N)c(F)c1. The zero-order valence-corrected chi connectivity index (χ0v) is 11.2. The first-order valence-corrected chi connectivity index (χ1v) is 6.10. The average Bonchev–Trinajstić information content (AvgIpc) is 2.37. The van der Waals surface area contributed by atoms with Gasteiger partial charge in [0.2, 0.25) is 5.91 Å². The Labute approximate surface area is 114 Å². The van der Waals surface area contributed by atoms with Crippen molar-refractivity contribution in [1.82, 2.24) is 10.2 Å². The molecule has 5 nitrogen and oxygen atoms in total. The summed E-state index contributed by atoms with van der Waals surface area (Å²) in [4.78, 5) is 25.4. The molecule has 0 aliphatic carbocycles. The molecule has 1 aromatic rings. The third kappa shape index (κ3) is 2.19. The molecule has 1 aromatic carbocycles. The van der Waals surface area contributed by atoms with Crippen LogP contribution in [0.15, 0.2) is 12.1 Å². The predicted octanol–water partition coefficient (Wildman–Crippen LogP) is 0.898. The number of nitrogens with zero attached hydrogens (tertiary/aromatic N) is 1. The summed E-state index contributed by atoms with van der Waals surface area (Å²) < 4.78 is 26.8. The van der Waals surface area contributed by atoms with Gasteiger partial charge in [0, 0.05) is 18.7 Å². The fourth-order valence-corrected chi connectivity index (χ4v) is 2.12. The zero-order chi connectivity index (χ0) is 15.1. The maximum absolute atomic E-state index is 13.4. The number of anilines is 1. The van der Waals surface area contributed by atoms with Gasteiger partial charge in [-0.3, -0.25) is 9.59 Å². The molecule has 1 aliphatic rings. The molecule has 0 unspecified atom stereocenters. The van der Waals surface area contributed by atoms with Crippen molar-refractivity contribution in [3.63, 3.8) is 0 Å². The van der Waals surface area contributed by atoms with Crippen LogP contribution < -0.4 is 11.1 Å². The molecule has 0 saturated carbocycles. The molecule has 1 saturated heterocycles. The third-order valence-electron chi connectivity index (χ3n) is 3.42. The van der Waals surface area contributed by atoms with Gasteiger partial charge in [-0.1, -0.05) is 0 Å². The van der Waals surface area contributed by atoms with E-state index >= 15 is 0 Å². The standard InChI is InChI=1S/C13H15F2N3O2/c1-13(2)12(20)17-3-4-18(13)11(19)7-5-8(14)10(16)9(15)6-7/h5-6H,3-4,16H2,1-2H3,(H,17,20). The number of hydrogen-bond acceptors (Lipinski definition) is 3. The van der Waals surface area contributed by atoms with Crippen LogP contribution in [-0.2, 0) is 4.79 Å². The highest BCUT2D eigenvalue weighted by Gasteiger charge is 2.40. The van der Waals surface area contributed by atoms with E-state index in [0.29, 0.717) is 6.54 Å². The van der Waals surface area contributed by atoms with Crippen molar-refractivity contribution in [3.05, 3.63) is 29.3 Å². The van der Waals surface area contributed by atoms with E-state index in [0.717, 1.165) is 12.1 Å². The quantitative estimate of drug-likeness (QED) is 0.752. The zero-order valence-electron chi connectivity index (χ0n) is 11.2. The smallest absolute Gasteiger partial charge is 0.255 e. The van der Waals surface area contributed by atoms with E-state index in [4.69, 9.17) is 5.73 Å². The van der Waals surface area contributed by atoms with E-state index in [2.05, 4.69) is 5.32 Å². The summed E-state index contributed by atoms with van der Waals surface area (Å²) >= 11 is 0. The van der Waals surface area contributed by atoms with Crippen LogP contribution >= 0.6 is 0 Å². The summed E-state index contributed by atoms with van der Waals surface area (Å²) in [6.45, 7) is 3.71. The Bertz CT molecular complexity index is 564. The Balaban J connectivity index is 2.38. The van der Waals surface area contributed by atoms with Gasteiger partial charge in [-0.2, -0.15) is 0 Å². The van der Waals surface area contributed by atoms with Crippen molar-refractivity contribution in [2.24, 2.45) is 0 Å². The summed E-state index contributed by atoms with van der Waals surface area (Å²) in [6, 6.07) is 1.76. The van der Waals surface area contributed by atoms with Crippen LogP contribution in [0, 0.1) is 11.6 Å². The predicted molar refractivity (Wildman–Crippen MR) is 68.9 cm³/mol. The molecular weight excluding hydrogens is 268 g/mol. The number of carbonyl (C=O) groups is 2. The van der Waals surface area contributed by atoms with Gasteiger partial charge < -0.3 is 16.0 Å². The number of amides is 2. The van der Waals surface area contributed by atoms with E-state index in [1.165, 1.54) is 4.90 Å². The van der Waals surface area contributed by atoms with Crippen LogP contribution in [-0.4, -0.2) is 35.3 Å². The molecular formula is C13H15F2N3O2. The lowest BCUT2D eigenvalue weighted by Crippen LogP contribution is -2.63. The first kappa shape index (κ1) is 14.2. The lowest BCUT2D eigenvalue weighted by atomic mass is 9.97. The average molecular weight is 283 g/mol. The molecule has 20 heavy (non-hydrogen) atoms. The van der Waals surface area contributed by atoms with Crippen molar-refractivity contribution in [3.8, 4) is 0 Å². The molecule has 2 rings (SSSR count). The molecule has 108 valence electrons. The molecule has 1 fully saturated rings. The van der Waals surface area contributed by atoms with E-state index in [1.54, 1.807) is 13.8 Å². The van der Waals surface area contributed by atoms with Gasteiger partial charge in [-0.05, 0) is 26.0 Å². The van der Waals surface area contributed by atoms with Gasteiger partial charge in [-0.25, -0.2) is 8.78 Å². The van der Waals surface area contributed by atoms with E-state index in [1.807, 2.05) is 0 Å². The molecule has 1 aliphatic heterocycles. The monoisotopic (exact) mass is 283 g/mol. The molecule has 0 bridgehead atoms. The van der Waals surface area contributed by atoms with Crippen LogP contribution in [0.25, 0.3) is 0 Å². The highest BCUT2D eigenvalue weighted by molar-refractivity contribution is 5.99. The van der Waals surface area contributed by atoms with Crippen molar-refractivity contribution in [2.75, 3.05) is 18.8 Å². The normalized spacial score (nSPS) is 17.8. The van der Waals surface area contributed by atoms with Crippen LogP contribution in [0.1, 0.15) is 24.2 Å². The number of carbonyl (C=O) groups excluding carboxylic acids is 2. The molecule has 7 heteroatoms. The number of nitrogens with one attached hydrogen (secondary N) is 1. The van der Waals surface area contributed by atoms with Gasteiger partial charge >= 0.3 is 0 Å². The second-order valence-electron chi connectivity index (χ2n) is 5.13. The Morgan fingerprint density at radius 1 is 1.35 bits per heavy atom. The number of rotatable bonds is 1. The van der Waals surface area contributed by atoms with Crippen molar-refractivity contribution < 1.29 is 18.4 Å². The summed E-state index contributed by atoms with van der Waals surface area (Å²) in [5, 5.41) is 2.64. The summed E-state index contributed by atoms with van der Waals surface area (Å²) in [5.74, 6) is -2.91. The third-order valence-corrected chi connectivity index (χ3v) is 3.42. The number of halogens is 2. The minimum absolute atomic E-state index is 0.169. The first-order valence-electron chi connectivity index (χ1n) is 6.10. The molecule has 0 radical (unpaired) electrons. The van der Waals surface area contributed by atoms with Crippen molar-refractivity contribution in [1.29, 1.82) is 0 Å². The maximum atomic E-state index is 13.4. The van der Waals surface area contributed by atoms with E-state index in [-0.39, 0.29) is 18.0 Å². The Hall–Kier alpha value is -2.18. The van der Waals surface area contributed by atoms with Crippen LogP contribution in [0.3, 0.4) is 0 Å². The van der Waals surface area contributed by atoms with Gasteiger partial charge in [0.1, 0.15) is 22.9 Å². The van der Waals surface area contributed by atoms with Crippen molar-refractivity contribution >= 4 is 17.5 Å². The molecule has 0 atom stereocenters. The number of nitrogen functional groups attached to an aromatic ring is 1. The van der Waals surface area contributed by atoms with Gasteiger partial charge in [0.25, 0.3) is 5.91 Å². The lowest BCUT2D eigenvalue weighted by molar-refractivity contribution is -0.133. The minimum Gasteiger partial charge on any atom is -0.394 e. The minimum atomic E-state index is -1.08. The highest BCUT2D eigenvalue weighted by Crippen LogP contribution is 2.23. The molecule has 0 spiro atoms. The fraction of sp³-hybridized carbons (Fsp3) is 0.385. The van der Waals surface area contributed by atoms with Crippen LogP contribution in [0.5, 0.6) is 0 Å². The summed E-state index contributed by atoms with van der Waals surface area (Å²) in [5.41, 5.74) is 3.29. The number of hydrogen-bond donors (Lipinski definition) is 2. The Morgan fingerprint density at radius 3 is 2.45 bits per heavy atom. The first-order chi connectivity index (χ1) is 9.25. The molecule has 1 heterocycles. The summed E-state index contributed by atoms with van der Waals surface area (Å²) in [7, 11) is 0. The number of piperazine rings is 1. The van der Waals surface area contributed by atoms with Gasteiger partial charge in [-0.15, -0.1) is 0 Å². The highest BCUT2D eigenvalue weighted by atomic mass is 19.1. The van der Waals surface area contributed by atoms with Crippen LogP contribution in [0.2, 0.25) is 0 Å². The number of nitrogens with two attached hydrogens (primary N) is 1. The maximum Gasteiger partial charge on any atom is 0.255 e. The molecule has 0 aromatic heterocycles. The van der Waals surface area contributed by atoms with Gasteiger partial charge in [0.05, 0.1) is 0 Å². The number of benzene rings is 1. The molecule has 2 amide bonds. The Kier molecular flexibility index (Phi) is 3.37. The Morgan fingerprint density at radius 2 is 1.90 bits per heavy atom.